The van der Waals surface area contributed by atoms with Gasteiger partial charge in [-0.1, -0.05) is 24.8 Å². The molecule has 2 heterocycles. The quantitative estimate of drug-likeness (QED) is 0.549. The van der Waals surface area contributed by atoms with E-state index in [9.17, 15) is 19.4 Å². The number of amides is 1. The van der Waals surface area contributed by atoms with Crippen LogP contribution in [0.15, 0.2) is 49.2 Å². The van der Waals surface area contributed by atoms with E-state index in [1.807, 2.05) is 0 Å². The van der Waals surface area contributed by atoms with E-state index >= 15 is 0 Å². The number of nitrogens with one attached hydrogen (secondary N) is 1. The minimum Gasteiger partial charge on any atom is -0.485 e. The number of hydrogen-bond donors (Lipinski definition) is 3. The van der Waals surface area contributed by atoms with Gasteiger partial charge in [0.1, 0.15) is 18.1 Å². The monoisotopic (exact) mass is 385 g/mol. The number of pyridine rings is 1. The number of nitrogens with zero attached hydrogens (tertiary/aromatic N) is 2. The molecule has 0 fully saturated rings. The average molecular weight is 385 g/mol. The Morgan fingerprint density at radius 1 is 1.29 bits per heavy atom. The molecule has 2 aromatic heterocycles. The predicted octanol–water partition coefficient (Wildman–Crippen LogP) is 1.78. The lowest BCUT2D eigenvalue weighted by Gasteiger charge is -2.13. The van der Waals surface area contributed by atoms with Crippen molar-refractivity contribution < 1.29 is 24.1 Å². The summed E-state index contributed by atoms with van der Waals surface area (Å²) in [5.74, 6) is -0.529. The first-order valence-electron chi connectivity index (χ1n) is 8.61. The third-order valence-corrected chi connectivity index (χ3v) is 4.17. The number of aromatic nitrogens is 2. The second-order valence-corrected chi connectivity index (χ2v) is 6.03. The number of carbonyl (C=O) groups is 1. The molecule has 0 bridgehead atoms. The molecule has 7 nitrogen and oxygen atoms in total. The molecular weight excluding hydrogens is 365 g/mol. The van der Waals surface area contributed by atoms with Crippen molar-refractivity contribution in [2.45, 2.75) is 12.6 Å². The van der Waals surface area contributed by atoms with Gasteiger partial charge in [-0.15, -0.1) is 0 Å². The zero-order valence-electron chi connectivity index (χ0n) is 15.0. The van der Waals surface area contributed by atoms with Gasteiger partial charge in [-0.05, 0) is 24.3 Å². The average Bonchev–Trinajstić information content (AvgIpc) is 3.10. The number of ether oxygens (including phenoxy) is 1. The van der Waals surface area contributed by atoms with Crippen LogP contribution in [0.1, 0.15) is 21.7 Å². The van der Waals surface area contributed by atoms with E-state index < -0.39 is 25.2 Å². The summed E-state index contributed by atoms with van der Waals surface area (Å²) < 4.78 is 21.1. The van der Waals surface area contributed by atoms with Crippen LogP contribution in [0.4, 0.5) is 4.39 Å². The highest BCUT2D eigenvalue weighted by molar-refractivity contribution is 5.97. The van der Waals surface area contributed by atoms with Crippen LogP contribution in [0.5, 0.6) is 5.75 Å². The second kappa shape index (κ2) is 8.64. The van der Waals surface area contributed by atoms with E-state index in [1.165, 1.54) is 16.5 Å². The molecule has 0 aliphatic heterocycles. The molecule has 0 radical (unpaired) electrons. The summed E-state index contributed by atoms with van der Waals surface area (Å²) >= 11 is 0. The zero-order chi connectivity index (χ0) is 20.1. The molecule has 1 amide bonds. The number of aliphatic hydroxyl groups is 2. The lowest BCUT2D eigenvalue weighted by atomic mass is 10.2. The Morgan fingerprint density at radius 2 is 2.04 bits per heavy atom. The maximum Gasteiger partial charge on any atom is 0.270 e. The SMILES string of the molecule is C=Cc1nc2c(OCc3ccccc3F)cccn2c1C(=O)NC(CO)CO. The Labute approximate surface area is 160 Å². The Hall–Kier alpha value is -3.23. The van der Waals surface area contributed by atoms with Crippen LogP contribution in [0.25, 0.3) is 11.7 Å². The van der Waals surface area contributed by atoms with Crippen LogP contribution in [0.3, 0.4) is 0 Å². The number of hydrogen-bond acceptors (Lipinski definition) is 5. The molecule has 0 atom stereocenters. The number of rotatable bonds is 8. The van der Waals surface area contributed by atoms with Crippen molar-refractivity contribution in [1.82, 2.24) is 14.7 Å². The maximum atomic E-state index is 13.8. The summed E-state index contributed by atoms with van der Waals surface area (Å²) in [6.07, 6.45) is 3.06. The summed E-state index contributed by atoms with van der Waals surface area (Å²) in [4.78, 5) is 17.0. The van der Waals surface area contributed by atoms with Crippen molar-refractivity contribution in [3.8, 4) is 5.75 Å². The summed E-state index contributed by atoms with van der Waals surface area (Å²) in [6, 6.07) is 8.84. The molecular formula is C20H20FN3O4. The number of fused-ring (bicyclic) bond motifs is 1. The molecule has 0 saturated carbocycles. The molecule has 146 valence electrons. The fourth-order valence-electron chi connectivity index (χ4n) is 2.71. The predicted molar refractivity (Wildman–Crippen MR) is 101 cm³/mol. The van der Waals surface area contributed by atoms with E-state index in [2.05, 4.69) is 16.9 Å². The Balaban J connectivity index is 1.94. The molecule has 28 heavy (non-hydrogen) atoms. The highest BCUT2D eigenvalue weighted by atomic mass is 19.1. The first-order valence-corrected chi connectivity index (χ1v) is 8.61. The number of benzene rings is 1. The van der Waals surface area contributed by atoms with Crippen LogP contribution < -0.4 is 10.1 Å². The molecule has 0 aliphatic rings. The van der Waals surface area contributed by atoms with Crippen molar-refractivity contribution in [3.05, 3.63) is 71.9 Å². The van der Waals surface area contributed by atoms with Crippen LogP contribution in [0.2, 0.25) is 0 Å². The Morgan fingerprint density at radius 3 is 2.71 bits per heavy atom. The summed E-state index contributed by atoms with van der Waals surface area (Å²) in [6.45, 7) is 2.87. The third kappa shape index (κ3) is 3.88. The van der Waals surface area contributed by atoms with E-state index in [0.29, 0.717) is 22.7 Å². The van der Waals surface area contributed by atoms with Gasteiger partial charge in [-0.3, -0.25) is 9.20 Å². The molecule has 3 rings (SSSR count). The van der Waals surface area contributed by atoms with Crippen molar-refractivity contribution in [3.63, 3.8) is 0 Å². The smallest absolute Gasteiger partial charge is 0.270 e. The highest BCUT2D eigenvalue weighted by Crippen LogP contribution is 2.24. The van der Waals surface area contributed by atoms with Crippen LogP contribution >= 0.6 is 0 Å². The highest BCUT2D eigenvalue weighted by Gasteiger charge is 2.22. The molecule has 3 N–H and O–H groups in total. The molecule has 1 aromatic carbocycles. The van der Waals surface area contributed by atoms with Crippen molar-refractivity contribution in [1.29, 1.82) is 0 Å². The van der Waals surface area contributed by atoms with E-state index in [1.54, 1.807) is 36.5 Å². The second-order valence-electron chi connectivity index (χ2n) is 6.03. The maximum absolute atomic E-state index is 13.8. The van der Waals surface area contributed by atoms with E-state index in [-0.39, 0.29) is 18.1 Å². The molecule has 0 unspecified atom stereocenters. The lowest BCUT2D eigenvalue weighted by molar-refractivity contribution is 0.0873. The number of aliphatic hydroxyl groups excluding tert-OH is 2. The van der Waals surface area contributed by atoms with Crippen LogP contribution in [0, 0.1) is 5.82 Å². The Bertz CT molecular complexity index is 998. The molecule has 0 spiro atoms. The number of halogens is 1. The zero-order valence-corrected chi connectivity index (χ0v) is 15.0. The Kier molecular flexibility index (Phi) is 6.03. The van der Waals surface area contributed by atoms with Crippen LogP contribution in [-0.2, 0) is 6.61 Å². The van der Waals surface area contributed by atoms with Gasteiger partial charge in [-0.2, -0.15) is 0 Å². The fraction of sp³-hybridized carbons (Fsp3) is 0.200. The molecule has 0 aliphatic carbocycles. The van der Waals surface area contributed by atoms with Gasteiger partial charge in [0.2, 0.25) is 0 Å². The number of carbonyl (C=O) groups excluding carboxylic acids is 1. The first-order chi connectivity index (χ1) is 13.6. The summed E-state index contributed by atoms with van der Waals surface area (Å²) in [5.41, 5.74) is 1.26. The standard InChI is InChI=1S/C20H20FN3O4/c1-2-16-18(20(27)22-14(10-25)11-26)24-9-5-8-17(19(24)23-16)28-12-13-6-3-4-7-15(13)21/h2-9,14,25-26H,1,10-12H2,(H,22,27). The van der Waals surface area contributed by atoms with Gasteiger partial charge in [0.05, 0.1) is 24.9 Å². The van der Waals surface area contributed by atoms with Crippen molar-refractivity contribution in [2.75, 3.05) is 13.2 Å². The summed E-state index contributed by atoms with van der Waals surface area (Å²) in [5, 5.41) is 20.9. The molecule has 3 aromatic rings. The molecule has 8 heteroatoms. The van der Waals surface area contributed by atoms with Crippen LogP contribution in [-0.4, -0.2) is 44.8 Å². The fourth-order valence-corrected chi connectivity index (χ4v) is 2.71. The summed E-state index contributed by atoms with van der Waals surface area (Å²) in [7, 11) is 0. The normalized spacial score (nSPS) is 11.0. The largest absolute Gasteiger partial charge is 0.485 e. The lowest BCUT2D eigenvalue weighted by Crippen LogP contribution is -2.40. The molecule has 0 saturated heterocycles. The minimum atomic E-state index is -0.795. The van der Waals surface area contributed by atoms with Crippen molar-refractivity contribution >= 4 is 17.6 Å². The first kappa shape index (κ1) is 19.5. The van der Waals surface area contributed by atoms with Gasteiger partial charge in [-0.25, -0.2) is 9.37 Å². The van der Waals surface area contributed by atoms with Gasteiger partial charge in [0.25, 0.3) is 5.91 Å². The number of imidazole rings is 1. The topological polar surface area (TPSA) is 96.1 Å². The van der Waals surface area contributed by atoms with E-state index in [4.69, 9.17) is 4.74 Å². The third-order valence-electron chi connectivity index (χ3n) is 4.17. The van der Waals surface area contributed by atoms with E-state index in [0.717, 1.165) is 0 Å². The van der Waals surface area contributed by atoms with Gasteiger partial charge < -0.3 is 20.3 Å². The van der Waals surface area contributed by atoms with Gasteiger partial charge in [0.15, 0.2) is 11.4 Å². The van der Waals surface area contributed by atoms with Gasteiger partial charge >= 0.3 is 0 Å². The minimum absolute atomic E-state index is 0.00125. The van der Waals surface area contributed by atoms with Crippen molar-refractivity contribution in [2.24, 2.45) is 0 Å². The van der Waals surface area contributed by atoms with Gasteiger partial charge in [0, 0.05) is 11.8 Å².